The smallest absolute Gasteiger partial charge is 0.138 e. The number of methoxy groups -OCH3 is 1. The fourth-order valence-corrected chi connectivity index (χ4v) is 2.20. The second-order valence-electron chi connectivity index (χ2n) is 4.38. The summed E-state index contributed by atoms with van der Waals surface area (Å²) in [5.74, 6) is 1.40. The fourth-order valence-electron chi connectivity index (χ4n) is 1.97. The lowest BCUT2D eigenvalue weighted by atomic mass is 10.1. The van der Waals surface area contributed by atoms with Crippen LogP contribution >= 0.6 is 11.6 Å². The van der Waals surface area contributed by atoms with Crippen LogP contribution in [0.15, 0.2) is 18.2 Å². The van der Waals surface area contributed by atoms with Crippen LogP contribution in [0.1, 0.15) is 5.56 Å². The summed E-state index contributed by atoms with van der Waals surface area (Å²) in [6.45, 7) is 0. The maximum atomic E-state index is 8.90. The van der Waals surface area contributed by atoms with Gasteiger partial charge in [-0.2, -0.15) is 5.26 Å². The van der Waals surface area contributed by atoms with Crippen LogP contribution in [0.2, 0.25) is 5.02 Å². The molecule has 0 aliphatic rings. The van der Waals surface area contributed by atoms with Gasteiger partial charge in [0.1, 0.15) is 11.6 Å². The number of benzene rings is 1. The maximum Gasteiger partial charge on any atom is 0.138 e. The van der Waals surface area contributed by atoms with Crippen molar-refractivity contribution in [2.24, 2.45) is 0 Å². The van der Waals surface area contributed by atoms with Crippen LogP contribution in [0.3, 0.4) is 0 Å². The van der Waals surface area contributed by atoms with E-state index in [1.807, 2.05) is 31.1 Å². The van der Waals surface area contributed by atoms with E-state index in [-0.39, 0.29) is 0 Å². The molecule has 0 aliphatic heterocycles. The normalized spacial score (nSPS) is 10.3. The Labute approximate surface area is 117 Å². The fraction of sp³-hybridized carbons (Fsp3) is 0.286. The molecule has 0 radical (unpaired) electrons. The van der Waals surface area contributed by atoms with E-state index in [0.29, 0.717) is 17.2 Å². The van der Waals surface area contributed by atoms with E-state index in [4.69, 9.17) is 21.6 Å². The zero-order valence-electron chi connectivity index (χ0n) is 11.1. The third-order valence-corrected chi connectivity index (χ3v) is 3.13. The number of aromatic nitrogens is 1. The Kier molecular flexibility index (Phi) is 3.77. The summed E-state index contributed by atoms with van der Waals surface area (Å²) in [6.07, 6.45) is 0.321. The highest BCUT2D eigenvalue weighted by molar-refractivity contribution is 6.32. The molecule has 2 rings (SSSR count). The average Bonchev–Trinajstić information content (AvgIpc) is 2.37. The predicted molar refractivity (Wildman–Crippen MR) is 76.9 cm³/mol. The minimum atomic E-state index is 0.321. The highest BCUT2D eigenvalue weighted by Crippen LogP contribution is 2.31. The van der Waals surface area contributed by atoms with E-state index in [1.165, 1.54) is 0 Å². The van der Waals surface area contributed by atoms with Crippen LogP contribution in [-0.4, -0.2) is 26.2 Å². The van der Waals surface area contributed by atoms with Gasteiger partial charge in [0.2, 0.25) is 0 Å². The van der Waals surface area contributed by atoms with E-state index in [2.05, 4.69) is 11.1 Å². The number of nitriles is 1. The molecular formula is C14H14ClN3O. The van der Waals surface area contributed by atoms with Crippen molar-refractivity contribution in [1.29, 1.82) is 5.26 Å². The molecule has 19 heavy (non-hydrogen) atoms. The molecule has 0 saturated carbocycles. The molecule has 0 N–H and O–H groups in total. The minimum absolute atomic E-state index is 0.321. The number of hydrogen-bond donors (Lipinski definition) is 0. The first-order valence-corrected chi connectivity index (χ1v) is 6.16. The topological polar surface area (TPSA) is 49.1 Å². The quantitative estimate of drug-likeness (QED) is 0.864. The Morgan fingerprint density at radius 2 is 2.11 bits per heavy atom. The highest BCUT2D eigenvalue weighted by Gasteiger charge is 2.11. The molecule has 0 amide bonds. The largest absolute Gasteiger partial charge is 0.495 e. The van der Waals surface area contributed by atoms with Gasteiger partial charge in [0.15, 0.2) is 0 Å². The molecule has 0 atom stereocenters. The van der Waals surface area contributed by atoms with Crippen LogP contribution in [-0.2, 0) is 6.42 Å². The molecule has 98 valence electrons. The first-order chi connectivity index (χ1) is 9.06. The van der Waals surface area contributed by atoms with Crippen molar-refractivity contribution in [1.82, 2.24) is 4.98 Å². The van der Waals surface area contributed by atoms with Gasteiger partial charge in [0.25, 0.3) is 0 Å². The summed E-state index contributed by atoms with van der Waals surface area (Å²) < 4.78 is 5.20. The molecule has 0 bridgehead atoms. The lowest BCUT2D eigenvalue weighted by Crippen LogP contribution is -2.13. The van der Waals surface area contributed by atoms with E-state index in [0.717, 1.165) is 22.3 Å². The predicted octanol–water partition coefficient (Wildman–Crippen LogP) is 3.03. The summed E-state index contributed by atoms with van der Waals surface area (Å²) in [5.41, 5.74) is 1.68. The number of halogens is 1. The van der Waals surface area contributed by atoms with Gasteiger partial charge in [-0.05, 0) is 18.2 Å². The number of fused-ring (bicyclic) bond motifs is 1. The molecule has 5 heteroatoms. The van der Waals surface area contributed by atoms with Crippen molar-refractivity contribution in [3.05, 3.63) is 28.8 Å². The van der Waals surface area contributed by atoms with Gasteiger partial charge in [-0.15, -0.1) is 0 Å². The van der Waals surface area contributed by atoms with Gasteiger partial charge in [-0.3, -0.25) is 0 Å². The van der Waals surface area contributed by atoms with Gasteiger partial charge < -0.3 is 9.64 Å². The molecule has 0 fully saturated rings. The van der Waals surface area contributed by atoms with Crippen LogP contribution in [0, 0.1) is 11.3 Å². The van der Waals surface area contributed by atoms with Gasteiger partial charge in [-0.25, -0.2) is 4.98 Å². The van der Waals surface area contributed by atoms with Crippen molar-refractivity contribution < 1.29 is 4.74 Å². The summed E-state index contributed by atoms with van der Waals surface area (Å²) in [7, 11) is 5.38. The second-order valence-corrected chi connectivity index (χ2v) is 4.79. The van der Waals surface area contributed by atoms with Crippen molar-refractivity contribution in [3.63, 3.8) is 0 Å². The SMILES string of the molecule is COc1cc2cc(CC#N)c(N(C)C)nc2cc1Cl. The Morgan fingerprint density at radius 1 is 1.37 bits per heavy atom. The molecule has 4 nitrogen and oxygen atoms in total. The van der Waals surface area contributed by atoms with E-state index < -0.39 is 0 Å². The first kappa shape index (κ1) is 13.4. The number of anilines is 1. The monoisotopic (exact) mass is 275 g/mol. The molecule has 1 heterocycles. The zero-order valence-corrected chi connectivity index (χ0v) is 11.8. The van der Waals surface area contributed by atoms with E-state index in [9.17, 15) is 0 Å². The molecule has 0 unspecified atom stereocenters. The zero-order chi connectivity index (χ0) is 14.0. The standard InChI is InChI=1S/C14H14ClN3O/c1-18(2)14-9(4-5-16)6-10-7-13(19-3)11(15)8-12(10)17-14/h6-8H,4H2,1-3H3. The van der Waals surface area contributed by atoms with Gasteiger partial charge in [0.05, 0.1) is 30.1 Å². The lowest BCUT2D eigenvalue weighted by Gasteiger charge is -2.16. The number of hydrogen-bond acceptors (Lipinski definition) is 4. The molecular weight excluding hydrogens is 262 g/mol. The number of rotatable bonds is 3. The molecule has 0 spiro atoms. The van der Waals surface area contributed by atoms with Gasteiger partial charge in [-0.1, -0.05) is 11.6 Å². The van der Waals surface area contributed by atoms with Crippen LogP contribution in [0.25, 0.3) is 10.9 Å². The Bertz CT molecular complexity index is 662. The maximum absolute atomic E-state index is 8.90. The Morgan fingerprint density at radius 3 is 2.68 bits per heavy atom. The number of nitrogens with zero attached hydrogens (tertiary/aromatic N) is 3. The molecule has 1 aromatic carbocycles. The molecule has 2 aromatic rings. The molecule has 0 aliphatic carbocycles. The van der Waals surface area contributed by atoms with E-state index in [1.54, 1.807) is 13.2 Å². The average molecular weight is 276 g/mol. The van der Waals surface area contributed by atoms with Crippen molar-refractivity contribution in [2.75, 3.05) is 26.1 Å². The van der Waals surface area contributed by atoms with Crippen LogP contribution in [0.4, 0.5) is 5.82 Å². The van der Waals surface area contributed by atoms with Gasteiger partial charge >= 0.3 is 0 Å². The first-order valence-electron chi connectivity index (χ1n) is 5.78. The Hall–Kier alpha value is -1.99. The third-order valence-electron chi connectivity index (χ3n) is 2.84. The van der Waals surface area contributed by atoms with Crippen molar-refractivity contribution >= 4 is 28.3 Å². The minimum Gasteiger partial charge on any atom is -0.495 e. The Balaban J connectivity index is 2.70. The highest BCUT2D eigenvalue weighted by atomic mass is 35.5. The van der Waals surface area contributed by atoms with Crippen LogP contribution in [0.5, 0.6) is 5.75 Å². The summed E-state index contributed by atoms with van der Waals surface area (Å²) in [5, 5.41) is 10.3. The second kappa shape index (κ2) is 5.33. The lowest BCUT2D eigenvalue weighted by molar-refractivity contribution is 0.415. The van der Waals surface area contributed by atoms with Crippen molar-refractivity contribution in [3.8, 4) is 11.8 Å². The van der Waals surface area contributed by atoms with Crippen LogP contribution < -0.4 is 9.64 Å². The summed E-state index contributed by atoms with van der Waals surface area (Å²) in [6, 6.07) is 7.73. The van der Waals surface area contributed by atoms with Crippen molar-refractivity contribution in [2.45, 2.75) is 6.42 Å². The third kappa shape index (κ3) is 2.56. The molecule has 1 aromatic heterocycles. The van der Waals surface area contributed by atoms with E-state index >= 15 is 0 Å². The van der Waals surface area contributed by atoms with Gasteiger partial charge in [0, 0.05) is 25.0 Å². The molecule has 0 saturated heterocycles. The summed E-state index contributed by atoms with van der Waals surface area (Å²) in [4.78, 5) is 6.46. The summed E-state index contributed by atoms with van der Waals surface area (Å²) >= 11 is 6.11. The number of pyridine rings is 1. The number of ether oxygens (including phenoxy) is 1.